The minimum absolute atomic E-state index is 0.00856. The van der Waals surface area contributed by atoms with Crippen LogP contribution in [0.15, 0.2) is 0 Å². The van der Waals surface area contributed by atoms with Gasteiger partial charge >= 0.3 is 6.18 Å². The SMILES string of the molecule is C#CCC(C)(C)CCC(C#N)S(=O)(=O)CCC(F)(F)F. The van der Waals surface area contributed by atoms with Crippen molar-refractivity contribution in [2.45, 2.75) is 51.0 Å². The quantitative estimate of drug-likeness (QED) is 0.679. The summed E-state index contributed by atoms with van der Waals surface area (Å²) in [6.07, 6.45) is -0.0348. The van der Waals surface area contributed by atoms with Gasteiger partial charge in [0.15, 0.2) is 9.84 Å². The van der Waals surface area contributed by atoms with Gasteiger partial charge in [-0.3, -0.25) is 0 Å². The maximum absolute atomic E-state index is 12.1. The van der Waals surface area contributed by atoms with Gasteiger partial charge in [-0.05, 0) is 18.3 Å². The van der Waals surface area contributed by atoms with Crippen LogP contribution in [0.2, 0.25) is 0 Å². The highest BCUT2D eigenvalue weighted by molar-refractivity contribution is 7.92. The minimum Gasteiger partial charge on any atom is -0.227 e. The van der Waals surface area contributed by atoms with Gasteiger partial charge in [0.25, 0.3) is 0 Å². The number of hydrogen-bond acceptors (Lipinski definition) is 3. The second-order valence-corrected chi connectivity index (χ2v) is 7.74. The van der Waals surface area contributed by atoms with E-state index in [1.807, 2.05) is 13.8 Å². The number of terminal acetylenes is 1. The summed E-state index contributed by atoms with van der Waals surface area (Å²) in [6.45, 7) is 3.65. The predicted octanol–water partition coefficient (Wildman–Crippen LogP) is 3.08. The zero-order chi connectivity index (χ0) is 16.0. The molecular weight excluding hydrogens is 291 g/mol. The Balaban J connectivity index is 4.69. The molecule has 0 heterocycles. The Morgan fingerprint density at radius 3 is 2.20 bits per heavy atom. The maximum atomic E-state index is 12.1. The Morgan fingerprint density at radius 2 is 1.80 bits per heavy atom. The van der Waals surface area contributed by atoms with Crippen LogP contribution in [0.4, 0.5) is 13.2 Å². The molecule has 0 aromatic carbocycles. The average molecular weight is 309 g/mol. The van der Waals surface area contributed by atoms with Crippen molar-refractivity contribution in [3.8, 4) is 18.4 Å². The number of hydrogen-bond donors (Lipinski definition) is 0. The molecule has 0 rings (SSSR count). The van der Waals surface area contributed by atoms with Crippen molar-refractivity contribution in [2.24, 2.45) is 5.41 Å². The first kappa shape index (κ1) is 18.8. The summed E-state index contributed by atoms with van der Waals surface area (Å²) in [6, 6.07) is 1.59. The van der Waals surface area contributed by atoms with Gasteiger partial charge in [0, 0.05) is 6.42 Å². The van der Waals surface area contributed by atoms with Crippen molar-refractivity contribution in [2.75, 3.05) is 5.75 Å². The van der Waals surface area contributed by atoms with Crippen molar-refractivity contribution >= 4 is 9.84 Å². The largest absolute Gasteiger partial charge is 0.390 e. The van der Waals surface area contributed by atoms with Crippen molar-refractivity contribution in [3.05, 3.63) is 0 Å². The van der Waals surface area contributed by atoms with Gasteiger partial charge < -0.3 is 0 Å². The van der Waals surface area contributed by atoms with Crippen molar-refractivity contribution < 1.29 is 21.6 Å². The van der Waals surface area contributed by atoms with Crippen LogP contribution in [0, 0.1) is 29.1 Å². The van der Waals surface area contributed by atoms with Crippen LogP contribution in [-0.2, 0) is 9.84 Å². The zero-order valence-electron chi connectivity index (χ0n) is 11.5. The van der Waals surface area contributed by atoms with Crippen LogP contribution in [0.3, 0.4) is 0 Å². The van der Waals surface area contributed by atoms with Gasteiger partial charge in [-0.1, -0.05) is 13.8 Å². The lowest BCUT2D eigenvalue weighted by atomic mass is 9.84. The van der Waals surface area contributed by atoms with E-state index in [0.717, 1.165) is 0 Å². The van der Waals surface area contributed by atoms with Gasteiger partial charge in [-0.2, -0.15) is 18.4 Å². The van der Waals surface area contributed by atoms with E-state index in [1.54, 1.807) is 6.07 Å². The molecule has 0 bridgehead atoms. The third-order valence-corrected chi connectivity index (χ3v) is 4.89. The molecule has 3 nitrogen and oxygen atoms in total. The zero-order valence-corrected chi connectivity index (χ0v) is 12.3. The van der Waals surface area contributed by atoms with E-state index in [-0.39, 0.29) is 11.8 Å². The molecule has 1 atom stereocenters. The normalized spacial score (nSPS) is 14.3. The number of alkyl halides is 3. The molecule has 0 amide bonds. The Morgan fingerprint density at radius 1 is 1.25 bits per heavy atom. The van der Waals surface area contributed by atoms with Gasteiger partial charge in [0.1, 0.15) is 5.25 Å². The molecule has 0 spiro atoms. The highest BCUT2D eigenvalue weighted by atomic mass is 32.2. The highest BCUT2D eigenvalue weighted by Gasteiger charge is 2.34. The minimum atomic E-state index is -4.55. The van der Waals surface area contributed by atoms with Crippen LogP contribution >= 0.6 is 0 Å². The molecule has 0 aliphatic carbocycles. The number of rotatable bonds is 7. The fourth-order valence-corrected chi connectivity index (χ4v) is 3.05. The van der Waals surface area contributed by atoms with Crippen LogP contribution in [-0.4, -0.2) is 25.6 Å². The van der Waals surface area contributed by atoms with Crippen LogP contribution in [0.25, 0.3) is 0 Å². The van der Waals surface area contributed by atoms with Gasteiger partial charge in [0.05, 0.1) is 18.2 Å². The molecule has 0 aromatic rings. The summed E-state index contributed by atoms with van der Waals surface area (Å²) >= 11 is 0. The van der Waals surface area contributed by atoms with Crippen LogP contribution in [0.5, 0.6) is 0 Å². The van der Waals surface area contributed by atoms with Crippen molar-refractivity contribution in [1.29, 1.82) is 5.26 Å². The third-order valence-electron chi connectivity index (χ3n) is 2.91. The molecule has 0 saturated carbocycles. The van der Waals surface area contributed by atoms with E-state index in [1.165, 1.54) is 0 Å². The van der Waals surface area contributed by atoms with E-state index >= 15 is 0 Å². The predicted molar refractivity (Wildman–Crippen MR) is 70.3 cm³/mol. The summed E-state index contributed by atoms with van der Waals surface area (Å²) in [4.78, 5) is 0. The van der Waals surface area contributed by atoms with E-state index in [0.29, 0.717) is 12.8 Å². The second kappa shape index (κ2) is 6.99. The van der Waals surface area contributed by atoms with Gasteiger partial charge in [-0.15, -0.1) is 12.3 Å². The second-order valence-electron chi connectivity index (χ2n) is 5.43. The molecule has 0 aliphatic rings. The number of halogens is 3. The summed E-state index contributed by atoms with van der Waals surface area (Å²) < 4.78 is 59.6. The van der Waals surface area contributed by atoms with E-state index in [4.69, 9.17) is 11.7 Å². The first-order valence-electron chi connectivity index (χ1n) is 6.05. The lowest BCUT2D eigenvalue weighted by Gasteiger charge is -2.23. The topological polar surface area (TPSA) is 57.9 Å². The highest BCUT2D eigenvalue weighted by Crippen LogP contribution is 2.29. The molecule has 7 heteroatoms. The van der Waals surface area contributed by atoms with E-state index in [9.17, 15) is 21.6 Å². The third kappa shape index (κ3) is 7.40. The average Bonchev–Trinajstić information content (AvgIpc) is 2.26. The van der Waals surface area contributed by atoms with Crippen molar-refractivity contribution in [3.63, 3.8) is 0 Å². The van der Waals surface area contributed by atoms with E-state index < -0.39 is 33.4 Å². The van der Waals surface area contributed by atoms with Gasteiger partial charge in [0.2, 0.25) is 0 Å². The molecule has 114 valence electrons. The molecular formula is C13H18F3NO2S. The summed E-state index contributed by atoms with van der Waals surface area (Å²) in [5.41, 5.74) is -0.344. The lowest BCUT2D eigenvalue weighted by Crippen LogP contribution is -2.27. The Kier molecular flexibility index (Phi) is 6.56. The molecule has 1 unspecified atom stereocenters. The molecule has 0 fully saturated rings. The Bertz CT molecular complexity index is 495. The van der Waals surface area contributed by atoms with Gasteiger partial charge in [-0.25, -0.2) is 8.42 Å². The first-order valence-corrected chi connectivity index (χ1v) is 7.76. The standard InChI is InChI=1S/C13H18F3NO2S/c1-4-6-12(2,3)7-5-11(10-17)20(18,19)9-8-13(14,15)16/h1,11H,5-9H2,2-3H3. The summed E-state index contributed by atoms with van der Waals surface area (Å²) in [7, 11) is -4.08. The lowest BCUT2D eigenvalue weighted by molar-refractivity contribution is -0.129. The maximum Gasteiger partial charge on any atom is 0.390 e. The van der Waals surface area contributed by atoms with Crippen molar-refractivity contribution in [1.82, 2.24) is 0 Å². The number of nitriles is 1. The molecule has 0 saturated heterocycles. The summed E-state index contributed by atoms with van der Waals surface area (Å²) in [5.74, 6) is 1.40. The molecule has 0 aliphatic heterocycles. The summed E-state index contributed by atoms with van der Waals surface area (Å²) in [5, 5.41) is 7.45. The molecule has 0 N–H and O–H groups in total. The fraction of sp³-hybridized carbons (Fsp3) is 0.769. The fourth-order valence-electron chi connectivity index (χ4n) is 1.61. The van der Waals surface area contributed by atoms with Crippen LogP contribution in [0.1, 0.15) is 39.5 Å². The Hall–Kier alpha value is -1.21. The molecule has 20 heavy (non-hydrogen) atoms. The molecule has 0 aromatic heterocycles. The van der Waals surface area contributed by atoms with Crippen LogP contribution < -0.4 is 0 Å². The monoisotopic (exact) mass is 309 g/mol. The number of nitrogens with zero attached hydrogens (tertiary/aromatic N) is 1. The van der Waals surface area contributed by atoms with E-state index in [2.05, 4.69) is 5.92 Å². The molecule has 0 radical (unpaired) electrons. The first-order chi connectivity index (χ1) is 8.93. The number of sulfone groups is 1. The smallest absolute Gasteiger partial charge is 0.227 e. The Labute approximate surface area is 118 Å².